The van der Waals surface area contributed by atoms with Crippen molar-refractivity contribution in [2.75, 3.05) is 10.8 Å². The number of carbonyl (C=O) groups is 1. The lowest BCUT2D eigenvalue weighted by molar-refractivity contribution is -0.120. The number of nitrogens with zero attached hydrogens (tertiary/aromatic N) is 1. The van der Waals surface area contributed by atoms with Crippen molar-refractivity contribution in [1.82, 2.24) is 5.32 Å². The number of hydrogen-bond donors (Lipinski definition) is 1. The van der Waals surface area contributed by atoms with Crippen molar-refractivity contribution in [2.24, 2.45) is 11.8 Å². The van der Waals surface area contributed by atoms with Gasteiger partial charge in [0.1, 0.15) is 12.4 Å². The van der Waals surface area contributed by atoms with Gasteiger partial charge in [0.05, 0.1) is 10.6 Å². The Morgan fingerprint density at radius 1 is 1.10 bits per heavy atom. The van der Waals surface area contributed by atoms with Crippen molar-refractivity contribution in [2.45, 2.75) is 43.5 Å². The van der Waals surface area contributed by atoms with Crippen molar-refractivity contribution in [3.8, 4) is 0 Å². The highest BCUT2D eigenvalue weighted by molar-refractivity contribution is 7.92. The SMILES string of the molecule is Cc1ccc(S(=O)(=O)N(CC(=O)N[C@H]2C[C@@H]3CC[C@@H]2C3)c2ccccc2F)cc1. The first-order valence-electron chi connectivity index (χ1n) is 9.98. The Balaban J connectivity index is 1.61. The Labute approximate surface area is 171 Å². The van der Waals surface area contributed by atoms with Gasteiger partial charge in [0.25, 0.3) is 10.0 Å². The van der Waals surface area contributed by atoms with Gasteiger partial charge in [0, 0.05) is 6.04 Å². The third kappa shape index (κ3) is 4.01. The average molecular weight is 417 g/mol. The molecule has 2 aliphatic rings. The van der Waals surface area contributed by atoms with Crippen molar-refractivity contribution in [1.29, 1.82) is 0 Å². The molecular formula is C22H25FN2O3S. The second-order valence-corrected chi connectivity index (χ2v) is 9.99. The minimum absolute atomic E-state index is 0.0269. The number of halogens is 1. The van der Waals surface area contributed by atoms with E-state index < -0.39 is 28.3 Å². The van der Waals surface area contributed by atoms with Crippen LogP contribution < -0.4 is 9.62 Å². The number of carbonyl (C=O) groups excluding carboxylic acids is 1. The van der Waals surface area contributed by atoms with Gasteiger partial charge in [0.2, 0.25) is 5.91 Å². The minimum Gasteiger partial charge on any atom is -0.352 e. The summed E-state index contributed by atoms with van der Waals surface area (Å²) >= 11 is 0. The van der Waals surface area contributed by atoms with E-state index in [0.717, 1.165) is 29.1 Å². The molecule has 5 nitrogen and oxygen atoms in total. The predicted octanol–water partition coefficient (Wildman–Crippen LogP) is 3.63. The summed E-state index contributed by atoms with van der Waals surface area (Å²) in [6.45, 7) is 1.40. The standard InChI is InChI=1S/C22H25FN2O3S/c1-15-6-10-18(11-7-15)29(27,28)25(21-5-3-2-4-19(21)23)14-22(26)24-20-13-16-8-9-17(20)12-16/h2-7,10-11,16-17,20H,8-9,12-14H2,1H3,(H,24,26)/t16-,17-,20+/m1/s1. The number of rotatable bonds is 6. The maximum atomic E-state index is 14.5. The Hall–Kier alpha value is -2.41. The third-order valence-corrected chi connectivity index (χ3v) is 7.88. The van der Waals surface area contributed by atoms with Crippen LogP contribution in [0.2, 0.25) is 0 Å². The van der Waals surface area contributed by atoms with Gasteiger partial charge >= 0.3 is 0 Å². The van der Waals surface area contributed by atoms with Crippen LogP contribution in [0, 0.1) is 24.6 Å². The molecule has 7 heteroatoms. The molecule has 2 fully saturated rings. The molecule has 2 aromatic carbocycles. The fraction of sp³-hybridized carbons (Fsp3) is 0.409. The van der Waals surface area contributed by atoms with Crippen LogP contribution >= 0.6 is 0 Å². The number of para-hydroxylation sites is 1. The van der Waals surface area contributed by atoms with Crippen molar-refractivity contribution in [3.63, 3.8) is 0 Å². The largest absolute Gasteiger partial charge is 0.352 e. The van der Waals surface area contributed by atoms with Gasteiger partial charge < -0.3 is 5.32 Å². The number of fused-ring (bicyclic) bond motifs is 2. The Morgan fingerprint density at radius 3 is 2.45 bits per heavy atom. The molecule has 0 unspecified atom stereocenters. The van der Waals surface area contributed by atoms with E-state index in [1.165, 1.54) is 36.8 Å². The van der Waals surface area contributed by atoms with E-state index in [9.17, 15) is 17.6 Å². The van der Waals surface area contributed by atoms with Gasteiger partial charge in [-0.25, -0.2) is 12.8 Å². The lowest BCUT2D eigenvalue weighted by Crippen LogP contribution is -2.46. The summed E-state index contributed by atoms with van der Waals surface area (Å²) in [5, 5.41) is 3.00. The van der Waals surface area contributed by atoms with E-state index in [2.05, 4.69) is 5.32 Å². The molecule has 0 aromatic heterocycles. The molecule has 0 aliphatic heterocycles. The highest BCUT2D eigenvalue weighted by atomic mass is 32.2. The predicted molar refractivity (Wildman–Crippen MR) is 109 cm³/mol. The number of hydrogen-bond acceptors (Lipinski definition) is 3. The molecule has 29 heavy (non-hydrogen) atoms. The summed E-state index contributed by atoms with van der Waals surface area (Å²) in [6.07, 6.45) is 4.39. The first kappa shape index (κ1) is 19.9. The van der Waals surface area contributed by atoms with Crippen LogP contribution in [0.25, 0.3) is 0 Å². The molecule has 0 heterocycles. The molecule has 0 saturated heterocycles. The van der Waals surface area contributed by atoms with Crippen LogP contribution in [0.3, 0.4) is 0 Å². The van der Waals surface area contributed by atoms with Crippen molar-refractivity contribution in [3.05, 3.63) is 59.9 Å². The molecule has 2 bridgehead atoms. The molecule has 2 saturated carbocycles. The molecule has 0 spiro atoms. The molecule has 3 atom stereocenters. The number of aryl methyl sites for hydroxylation is 1. The first-order chi connectivity index (χ1) is 13.8. The zero-order valence-corrected chi connectivity index (χ0v) is 17.2. The maximum absolute atomic E-state index is 14.5. The second kappa shape index (κ2) is 7.78. The quantitative estimate of drug-likeness (QED) is 0.782. The molecule has 2 aliphatic carbocycles. The lowest BCUT2D eigenvalue weighted by atomic mass is 9.95. The van der Waals surface area contributed by atoms with E-state index in [1.807, 2.05) is 6.92 Å². The molecule has 2 aromatic rings. The fourth-order valence-electron chi connectivity index (χ4n) is 4.60. The van der Waals surface area contributed by atoms with Gasteiger partial charge in [-0.1, -0.05) is 36.2 Å². The summed E-state index contributed by atoms with van der Waals surface area (Å²) in [6, 6.07) is 12.0. The summed E-state index contributed by atoms with van der Waals surface area (Å²) in [4.78, 5) is 12.8. The molecule has 154 valence electrons. The van der Waals surface area contributed by atoms with Crippen LogP contribution in [-0.2, 0) is 14.8 Å². The summed E-state index contributed by atoms with van der Waals surface area (Å²) in [7, 11) is -4.10. The van der Waals surface area contributed by atoms with Gasteiger partial charge in [-0.2, -0.15) is 0 Å². The fourth-order valence-corrected chi connectivity index (χ4v) is 6.02. The van der Waals surface area contributed by atoms with Gasteiger partial charge in [-0.05, 0) is 62.3 Å². The zero-order valence-electron chi connectivity index (χ0n) is 16.3. The number of sulfonamides is 1. The number of anilines is 1. The Bertz CT molecular complexity index is 1010. The highest BCUT2D eigenvalue weighted by Gasteiger charge is 2.40. The smallest absolute Gasteiger partial charge is 0.264 e. The van der Waals surface area contributed by atoms with Crippen LogP contribution in [0.15, 0.2) is 53.4 Å². The molecule has 1 N–H and O–H groups in total. The van der Waals surface area contributed by atoms with E-state index >= 15 is 0 Å². The average Bonchev–Trinajstić information content (AvgIpc) is 3.30. The second-order valence-electron chi connectivity index (χ2n) is 8.13. The first-order valence-corrected chi connectivity index (χ1v) is 11.4. The van der Waals surface area contributed by atoms with Crippen molar-refractivity contribution >= 4 is 21.6 Å². The van der Waals surface area contributed by atoms with Crippen LogP contribution in [0.1, 0.15) is 31.2 Å². The van der Waals surface area contributed by atoms with Gasteiger partial charge in [-0.15, -0.1) is 0 Å². The summed E-state index contributed by atoms with van der Waals surface area (Å²) in [5.41, 5.74) is 0.784. The number of nitrogens with one attached hydrogen (secondary N) is 1. The van der Waals surface area contributed by atoms with E-state index in [4.69, 9.17) is 0 Å². The van der Waals surface area contributed by atoms with E-state index in [1.54, 1.807) is 18.2 Å². The molecule has 4 rings (SSSR count). The molecule has 1 amide bonds. The van der Waals surface area contributed by atoms with E-state index in [-0.39, 0.29) is 16.6 Å². The number of benzene rings is 2. The van der Waals surface area contributed by atoms with Crippen molar-refractivity contribution < 1.29 is 17.6 Å². The minimum atomic E-state index is -4.10. The number of amides is 1. The van der Waals surface area contributed by atoms with Crippen LogP contribution in [0.5, 0.6) is 0 Å². The Morgan fingerprint density at radius 2 is 1.83 bits per heavy atom. The Kier molecular flexibility index (Phi) is 5.34. The summed E-state index contributed by atoms with van der Waals surface area (Å²) < 4.78 is 41.9. The topological polar surface area (TPSA) is 66.5 Å². The highest BCUT2D eigenvalue weighted by Crippen LogP contribution is 2.44. The monoisotopic (exact) mass is 416 g/mol. The zero-order chi connectivity index (χ0) is 20.6. The van der Waals surface area contributed by atoms with Gasteiger partial charge in [-0.3, -0.25) is 9.10 Å². The summed E-state index contributed by atoms with van der Waals surface area (Å²) in [5.74, 6) is 0.0428. The van der Waals surface area contributed by atoms with Crippen LogP contribution in [0.4, 0.5) is 10.1 Å². The maximum Gasteiger partial charge on any atom is 0.264 e. The molecule has 0 radical (unpaired) electrons. The normalized spacial score (nSPS) is 23.2. The van der Waals surface area contributed by atoms with Gasteiger partial charge in [0.15, 0.2) is 0 Å². The third-order valence-electron chi connectivity index (χ3n) is 6.10. The van der Waals surface area contributed by atoms with Crippen LogP contribution in [-0.4, -0.2) is 26.9 Å². The molecular weight excluding hydrogens is 391 g/mol. The van der Waals surface area contributed by atoms with E-state index in [0.29, 0.717) is 11.8 Å². The lowest BCUT2D eigenvalue weighted by Gasteiger charge is -2.27.